The Morgan fingerprint density at radius 3 is 2.70 bits per heavy atom. The van der Waals surface area contributed by atoms with E-state index in [-0.39, 0.29) is 11.9 Å². The number of amides is 1. The van der Waals surface area contributed by atoms with E-state index >= 15 is 0 Å². The Bertz CT molecular complexity index is 1120. The summed E-state index contributed by atoms with van der Waals surface area (Å²) >= 11 is 0. The molecule has 172 valence electrons. The van der Waals surface area contributed by atoms with Crippen LogP contribution in [0.5, 0.6) is 5.75 Å². The molecule has 0 bridgehead atoms. The number of benzene rings is 1. The second-order valence-electron chi connectivity index (χ2n) is 8.69. The van der Waals surface area contributed by atoms with Gasteiger partial charge in [-0.1, -0.05) is 17.7 Å². The van der Waals surface area contributed by atoms with Gasteiger partial charge in [0.2, 0.25) is 11.9 Å². The highest BCUT2D eigenvalue weighted by Gasteiger charge is 2.32. The maximum absolute atomic E-state index is 13.6. The van der Waals surface area contributed by atoms with Gasteiger partial charge in [-0.3, -0.25) is 9.78 Å². The number of piperidine rings is 1. The van der Waals surface area contributed by atoms with Crippen LogP contribution in [-0.2, 0) is 11.2 Å². The normalized spacial score (nSPS) is 15.9. The molecular formula is C26H31N5O2. The Balaban J connectivity index is 1.72. The minimum absolute atomic E-state index is 0.0919. The van der Waals surface area contributed by atoms with E-state index in [2.05, 4.69) is 9.97 Å². The third-order valence-electron chi connectivity index (χ3n) is 6.11. The van der Waals surface area contributed by atoms with Crippen LogP contribution < -0.4 is 9.64 Å². The number of anilines is 1. The molecule has 0 radical (unpaired) electrons. The Morgan fingerprint density at radius 1 is 1.18 bits per heavy atom. The van der Waals surface area contributed by atoms with Crippen molar-refractivity contribution in [1.29, 1.82) is 0 Å². The number of hydrogen-bond donors (Lipinski definition) is 0. The average molecular weight is 446 g/mol. The maximum atomic E-state index is 13.6. The topological polar surface area (TPSA) is 71.5 Å². The van der Waals surface area contributed by atoms with Crippen molar-refractivity contribution in [1.82, 2.24) is 19.9 Å². The molecule has 1 amide bonds. The number of aryl methyl sites for hydroxylation is 1. The molecule has 7 heteroatoms. The van der Waals surface area contributed by atoms with Gasteiger partial charge in [-0.25, -0.2) is 9.97 Å². The molecule has 1 atom stereocenters. The van der Waals surface area contributed by atoms with Crippen LogP contribution in [0.3, 0.4) is 0 Å². The first-order chi connectivity index (χ1) is 16.0. The van der Waals surface area contributed by atoms with Crippen molar-refractivity contribution >= 4 is 11.9 Å². The molecule has 7 nitrogen and oxygen atoms in total. The number of hydrogen-bond acceptors (Lipinski definition) is 6. The number of aromatic nitrogens is 3. The molecule has 1 aliphatic heterocycles. The molecule has 1 aliphatic rings. The first-order valence-corrected chi connectivity index (χ1v) is 11.4. The summed E-state index contributed by atoms with van der Waals surface area (Å²) in [5.41, 5.74) is 4.87. The van der Waals surface area contributed by atoms with Crippen molar-refractivity contribution in [2.24, 2.45) is 0 Å². The monoisotopic (exact) mass is 445 g/mol. The highest BCUT2D eigenvalue weighted by atomic mass is 16.5. The summed E-state index contributed by atoms with van der Waals surface area (Å²) in [6.45, 7) is 2.75. The van der Waals surface area contributed by atoms with Gasteiger partial charge < -0.3 is 14.5 Å². The van der Waals surface area contributed by atoms with Gasteiger partial charge in [0, 0.05) is 50.4 Å². The summed E-state index contributed by atoms with van der Waals surface area (Å²) in [6, 6.07) is 9.79. The highest BCUT2D eigenvalue weighted by molar-refractivity contribution is 5.80. The van der Waals surface area contributed by atoms with Crippen LogP contribution in [0.1, 0.15) is 42.1 Å². The van der Waals surface area contributed by atoms with Crippen molar-refractivity contribution in [3.05, 3.63) is 65.7 Å². The number of ether oxygens (including phenoxy) is 1. The SMILES string of the molecule is COc1ccc(C)cc1CC(=O)N1CCCC[C@H]1c1nc(N(C)C)ncc1-c1ccncc1. The third-order valence-corrected chi connectivity index (χ3v) is 6.11. The lowest BCUT2D eigenvalue weighted by molar-refractivity contribution is -0.134. The third kappa shape index (κ3) is 4.97. The van der Waals surface area contributed by atoms with Crippen LogP contribution in [0.2, 0.25) is 0 Å². The summed E-state index contributed by atoms with van der Waals surface area (Å²) < 4.78 is 5.52. The molecular weight excluding hydrogens is 414 g/mol. The molecule has 3 heterocycles. The zero-order valence-electron chi connectivity index (χ0n) is 19.8. The van der Waals surface area contributed by atoms with Gasteiger partial charge in [-0.2, -0.15) is 0 Å². The van der Waals surface area contributed by atoms with Crippen LogP contribution in [0.25, 0.3) is 11.1 Å². The molecule has 0 aliphatic carbocycles. The first-order valence-electron chi connectivity index (χ1n) is 11.4. The van der Waals surface area contributed by atoms with Gasteiger partial charge in [0.1, 0.15) is 5.75 Å². The molecule has 4 rings (SSSR count). The van der Waals surface area contributed by atoms with Crippen molar-refractivity contribution in [3.8, 4) is 16.9 Å². The van der Waals surface area contributed by atoms with E-state index in [4.69, 9.17) is 9.72 Å². The zero-order chi connectivity index (χ0) is 23.4. The number of nitrogens with zero attached hydrogens (tertiary/aromatic N) is 5. The van der Waals surface area contributed by atoms with Gasteiger partial charge in [0.25, 0.3) is 0 Å². The van der Waals surface area contributed by atoms with Gasteiger partial charge in [-0.15, -0.1) is 0 Å². The molecule has 0 spiro atoms. The minimum atomic E-state index is -0.105. The Labute approximate surface area is 195 Å². The van der Waals surface area contributed by atoms with Crippen molar-refractivity contribution in [3.63, 3.8) is 0 Å². The summed E-state index contributed by atoms with van der Waals surface area (Å²) in [5.74, 6) is 1.48. The number of likely N-dealkylation sites (tertiary alicyclic amines) is 1. The highest BCUT2D eigenvalue weighted by Crippen LogP contribution is 2.37. The number of carbonyl (C=O) groups is 1. The summed E-state index contributed by atoms with van der Waals surface area (Å²) in [7, 11) is 5.51. The van der Waals surface area contributed by atoms with Crippen molar-refractivity contribution < 1.29 is 9.53 Å². The molecule has 1 fully saturated rings. The van der Waals surface area contributed by atoms with E-state index in [1.165, 1.54) is 0 Å². The number of methoxy groups -OCH3 is 1. The van der Waals surface area contributed by atoms with Crippen LogP contribution in [0.15, 0.2) is 48.9 Å². The Hall–Kier alpha value is -3.48. The van der Waals surface area contributed by atoms with Crippen LogP contribution in [-0.4, -0.2) is 53.5 Å². The molecule has 0 unspecified atom stereocenters. The fourth-order valence-electron chi connectivity index (χ4n) is 4.43. The van der Waals surface area contributed by atoms with Crippen LogP contribution in [0.4, 0.5) is 5.95 Å². The molecule has 33 heavy (non-hydrogen) atoms. The number of carbonyl (C=O) groups excluding carboxylic acids is 1. The average Bonchev–Trinajstić information content (AvgIpc) is 2.84. The maximum Gasteiger partial charge on any atom is 0.227 e. The quantitative estimate of drug-likeness (QED) is 0.566. The molecule has 0 N–H and O–H groups in total. The van der Waals surface area contributed by atoms with Gasteiger partial charge >= 0.3 is 0 Å². The summed E-state index contributed by atoms with van der Waals surface area (Å²) in [6.07, 6.45) is 8.63. The fourth-order valence-corrected chi connectivity index (χ4v) is 4.43. The number of rotatable bonds is 6. The van der Waals surface area contributed by atoms with Gasteiger partial charge in [0.15, 0.2) is 0 Å². The lowest BCUT2D eigenvalue weighted by atomic mass is 9.93. The van der Waals surface area contributed by atoms with E-state index in [9.17, 15) is 4.79 Å². The van der Waals surface area contributed by atoms with E-state index < -0.39 is 0 Å². The fraction of sp³-hybridized carbons (Fsp3) is 0.385. The predicted molar refractivity (Wildman–Crippen MR) is 129 cm³/mol. The molecule has 2 aromatic heterocycles. The number of pyridine rings is 1. The van der Waals surface area contributed by atoms with Gasteiger partial charge in [-0.05, 0) is 49.9 Å². The standard InChI is InChI=1S/C26H31N5O2/c1-18-8-9-23(33-4)20(15-18)16-24(32)31-14-6-5-7-22(31)25-21(19-10-12-27-13-11-19)17-28-26(29-25)30(2)3/h8-13,15,17,22H,5-7,14,16H2,1-4H3/t22-/m0/s1. The van der Waals surface area contributed by atoms with Crippen molar-refractivity contribution in [2.45, 2.75) is 38.6 Å². The van der Waals surface area contributed by atoms with E-state index in [1.807, 2.05) is 67.3 Å². The van der Waals surface area contributed by atoms with E-state index in [0.29, 0.717) is 18.9 Å². The predicted octanol–water partition coefficient (Wildman–Crippen LogP) is 4.22. The molecule has 3 aromatic rings. The smallest absolute Gasteiger partial charge is 0.227 e. The second kappa shape index (κ2) is 9.98. The van der Waals surface area contributed by atoms with Crippen LogP contribution >= 0.6 is 0 Å². The largest absolute Gasteiger partial charge is 0.496 e. The summed E-state index contributed by atoms with van der Waals surface area (Å²) in [4.78, 5) is 31.1. The van der Waals surface area contributed by atoms with E-state index in [1.54, 1.807) is 19.5 Å². The lowest BCUT2D eigenvalue weighted by Gasteiger charge is -2.36. The van der Waals surface area contributed by atoms with Crippen molar-refractivity contribution in [2.75, 3.05) is 32.6 Å². The lowest BCUT2D eigenvalue weighted by Crippen LogP contribution is -2.40. The molecule has 1 saturated heterocycles. The minimum Gasteiger partial charge on any atom is -0.496 e. The first kappa shape index (κ1) is 22.7. The van der Waals surface area contributed by atoms with Crippen LogP contribution in [0, 0.1) is 6.92 Å². The Morgan fingerprint density at radius 2 is 1.97 bits per heavy atom. The molecule has 1 aromatic carbocycles. The van der Waals surface area contributed by atoms with E-state index in [0.717, 1.165) is 53.0 Å². The second-order valence-corrected chi connectivity index (χ2v) is 8.69. The Kier molecular flexibility index (Phi) is 6.87. The zero-order valence-corrected chi connectivity index (χ0v) is 19.8. The van der Waals surface area contributed by atoms with Gasteiger partial charge in [0.05, 0.1) is 25.3 Å². The summed E-state index contributed by atoms with van der Waals surface area (Å²) in [5, 5.41) is 0. The molecule has 0 saturated carbocycles.